The predicted octanol–water partition coefficient (Wildman–Crippen LogP) is 0.703. The zero-order valence-electron chi connectivity index (χ0n) is 9.77. The first kappa shape index (κ1) is 13.5. The molecule has 100 valence electrons. The van der Waals surface area contributed by atoms with E-state index in [4.69, 9.17) is 16.3 Å². The fraction of sp³-hybridized carbons (Fsp3) is 1.00. The maximum absolute atomic E-state index is 12.1. The normalized spacial score (nSPS) is 32.5. The molecule has 0 bridgehead atoms. The lowest BCUT2D eigenvalue weighted by molar-refractivity contribution is 0.0722. The van der Waals surface area contributed by atoms with E-state index < -0.39 is 10.2 Å². The smallest absolute Gasteiger partial charge is 0.279 e. The summed E-state index contributed by atoms with van der Waals surface area (Å²) in [4.78, 5) is 0. The molecule has 0 aromatic carbocycles. The minimum absolute atomic E-state index is 0.0837. The topological polar surface area (TPSA) is 58.6 Å². The Morgan fingerprint density at radius 3 is 2.47 bits per heavy atom. The predicted molar refractivity (Wildman–Crippen MR) is 66.3 cm³/mol. The number of alkyl halides is 1. The molecule has 0 aromatic heterocycles. The van der Waals surface area contributed by atoms with E-state index in [0.717, 1.165) is 25.7 Å². The van der Waals surface area contributed by atoms with Crippen LogP contribution in [-0.2, 0) is 14.9 Å². The molecule has 1 saturated carbocycles. The highest BCUT2D eigenvalue weighted by molar-refractivity contribution is 7.87. The van der Waals surface area contributed by atoms with Gasteiger partial charge in [0, 0.05) is 24.5 Å². The van der Waals surface area contributed by atoms with Crippen molar-refractivity contribution < 1.29 is 13.2 Å². The summed E-state index contributed by atoms with van der Waals surface area (Å²) < 4.78 is 33.5. The Labute approximate surface area is 108 Å². The van der Waals surface area contributed by atoms with Crippen molar-refractivity contribution in [3.05, 3.63) is 0 Å². The van der Waals surface area contributed by atoms with Crippen LogP contribution in [0.4, 0.5) is 0 Å². The minimum Gasteiger partial charge on any atom is -0.379 e. The maximum Gasteiger partial charge on any atom is 0.279 e. The number of nitrogens with zero attached hydrogens (tertiary/aromatic N) is 1. The van der Waals surface area contributed by atoms with Crippen LogP contribution in [0.15, 0.2) is 0 Å². The van der Waals surface area contributed by atoms with E-state index in [1.165, 1.54) is 4.31 Å². The van der Waals surface area contributed by atoms with Crippen LogP contribution in [0.5, 0.6) is 0 Å². The van der Waals surface area contributed by atoms with Crippen LogP contribution in [-0.4, -0.2) is 50.4 Å². The largest absolute Gasteiger partial charge is 0.379 e. The summed E-state index contributed by atoms with van der Waals surface area (Å²) in [6.07, 6.45) is 3.85. The summed E-state index contributed by atoms with van der Waals surface area (Å²) in [7, 11) is -3.40. The van der Waals surface area contributed by atoms with Gasteiger partial charge in [-0.3, -0.25) is 0 Å². The molecule has 1 saturated heterocycles. The third-order valence-electron chi connectivity index (χ3n) is 3.29. The fourth-order valence-corrected chi connectivity index (χ4v) is 4.13. The Morgan fingerprint density at radius 2 is 1.82 bits per heavy atom. The van der Waals surface area contributed by atoms with Gasteiger partial charge < -0.3 is 4.74 Å². The van der Waals surface area contributed by atoms with E-state index in [0.29, 0.717) is 26.3 Å². The van der Waals surface area contributed by atoms with E-state index >= 15 is 0 Å². The van der Waals surface area contributed by atoms with Gasteiger partial charge in [0.2, 0.25) is 0 Å². The molecule has 2 aliphatic rings. The molecule has 1 N–H and O–H groups in total. The van der Waals surface area contributed by atoms with Crippen LogP contribution < -0.4 is 4.72 Å². The molecule has 2 unspecified atom stereocenters. The van der Waals surface area contributed by atoms with E-state index in [-0.39, 0.29) is 11.4 Å². The summed E-state index contributed by atoms with van der Waals surface area (Å²) in [5, 5.41) is -0.0837. The van der Waals surface area contributed by atoms with Crippen LogP contribution in [0.3, 0.4) is 0 Å². The van der Waals surface area contributed by atoms with E-state index in [1.807, 2.05) is 0 Å². The second-order valence-electron chi connectivity index (χ2n) is 4.54. The lowest BCUT2D eigenvalue weighted by Gasteiger charge is -2.32. The molecule has 1 heterocycles. The summed E-state index contributed by atoms with van der Waals surface area (Å²) in [6.45, 7) is 1.79. The van der Waals surface area contributed by atoms with Crippen LogP contribution in [0.2, 0.25) is 0 Å². The van der Waals surface area contributed by atoms with Crippen molar-refractivity contribution in [3.8, 4) is 0 Å². The van der Waals surface area contributed by atoms with Crippen molar-refractivity contribution in [1.29, 1.82) is 0 Å². The standard InChI is InChI=1S/C10H19ClN2O3S/c11-9-3-1-2-4-10(9)12-17(14,15)13-5-7-16-8-6-13/h9-10,12H,1-8H2. The molecule has 1 aliphatic heterocycles. The lowest BCUT2D eigenvalue weighted by Crippen LogP contribution is -2.52. The number of rotatable bonds is 3. The quantitative estimate of drug-likeness (QED) is 0.776. The number of nitrogens with one attached hydrogen (secondary N) is 1. The van der Waals surface area contributed by atoms with Gasteiger partial charge in [-0.05, 0) is 12.8 Å². The Balaban J connectivity index is 1.95. The van der Waals surface area contributed by atoms with Crippen molar-refractivity contribution >= 4 is 21.8 Å². The Bertz CT molecular complexity index is 343. The van der Waals surface area contributed by atoms with Crippen molar-refractivity contribution in [2.45, 2.75) is 37.1 Å². The van der Waals surface area contributed by atoms with Crippen LogP contribution >= 0.6 is 11.6 Å². The average Bonchev–Trinajstić information content (AvgIpc) is 2.33. The van der Waals surface area contributed by atoms with Crippen molar-refractivity contribution in [1.82, 2.24) is 9.03 Å². The number of halogens is 1. The molecule has 17 heavy (non-hydrogen) atoms. The highest BCUT2D eigenvalue weighted by Crippen LogP contribution is 2.24. The average molecular weight is 283 g/mol. The van der Waals surface area contributed by atoms with Gasteiger partial charge in [0.05, 0.1) is 13.2 Å². The minimum atomic E-state index is -3.40. The molecule has 7 heteroatoms. The molecular formula is C10H19ClN2O3S. The van der Waals surface area contributed by atoms with Crippen molar-refractivity contribution in [3.63, 3.8) is 0 Å². The van der Waals surface area contributed by atoms with Crippen molar-refractivity contribution in [2.75, 3.05) is 26.3 Å². The Morgan fingerprint density at radius 1 is 1.18 bits per heavy atom. The molecule has 5 nitrogen and oxygen atoms in total. The molecule has 0 amide bonds. The highest BCUT2D eigenvalue weighted by Gasteiger charge is 2.31. The van der Waals surface area contributed by atoms with Crippen LogP contribution in [0, 0.1) is 0 Å². The number of hydrogen-bond donors (Lipinski definition) is 1. The van der Waals surface area contributed by atoms with Gasteiger partial charge in [-0.25, -0.2) is 0 Å². The third kappa shape index (κ3) is 3.54. The number of ether oxygens (including phenoxy) is 1. The summed E-state index contributed by atoms with van der Waals surface area (Å²) >= 11 is 6.16. The third-order valence-corrected chi connectivity index (χ3v) is 5.46. The lowest BCUT2D eigenvalue weighted by atomic mass is 9.96. The molecular weight excluding hydrogens is 264 g/mol. The molecule has 0 spiro atoms. The number of hydrogen-bond acceptors (Lipinski definition) is 3. The molecule has 2 rings (SSSR count). The number of morpholine rings is 1. The first-order valence-corrected chi connectivity index (χ1v) is 7.96. The molecule has 1 aliphatic carbocycles. The highest BCUT2D eigenvalue weighted by atomic mass is 35.5. The van der Waals surface area contributed by atoms with Gasteiger partial charge in [-0.2, -0.15) is 17.4 Å². The summed E-state index contributed by atoms with van der Waals surface area (Å²) in [5.41, 5.74) is 0. The van der Waals surface area contributed by atoms with Crippen LogP contribution in [0.1, 0.15) is 25.7 Å². The molecule has 2 atom stereocenters. The zero-order chi connectivity index (χ0) is 12.3. The zero-order valence-corrected chi connectivity index (χ0v) is 11.3. The monoisotopic (exact) mass is 282 g/mol. The Hall–Kier alpha value is 0.120. The van der Waals surface area contributed by atoms with Gasteiger partial charge in [0.15, 0.2) is 0 Å². The summed E-state index contributed by atoms with van der Waals surface area (Å²) in [5.74, 6) is 0. The second-order valence-corrected chi connectivity index (χ2v) is 6.80. The van der Waals surface area contributed by atoms with Gasteiger partial charge in [-0.1, -0.05) is 12.8 Å². The first-order chi connectivity index (χ1) is 8.09. The van der Waals surface area contributed by atoms with Crippen LogP contribution in [0.25, 0.3) is 0 Å². The Kier molecular flexibility index (Phi) is 4.65. The maximum atomic E-state index is 12.1. The van der Waals surface area contributed by atoms with E-state index in [2.05, 4.69) is 4.72 Å². The SMILES string of the molecule is O=S(=O)(NC1CCCCC1Cl)N1CCOCC1. The molecule has 0 aromatic rings. The molecule has 0 radical (unpaired) electrons. The second kappa shape index (κ2) is 5.84. The van der Waals surface area contributed by atoms with Gasteiger partial charge in [0.25, 0.3) is 10.2 Å². The van der Waals surface area contributed by atoms with Gasteiger partial charge in [0.1, 0.15) is 0 Å². The van der Waals surface area contributed by atoms with Gasteiger partial charge in [-0.15, -0.1) is 11.6 Å². The first-order valence-electron chi connectivity index (χ1n) is 6.09. The molecule has 2 fully saturated rings. The van der Waals surface area contributed by atoms with Gasteiger partial charge >= 0.3 is 0 Å². The fourth-order valence-electron chi connectivity index (χ4n) is 2.27. The van der Waals surface area contributed by atoms with Crippen molar-refractivity contribution in [2.24, 2.45) is 0 Å². The van der Waals surface area contributed by atoms with E-state index in [9.17, 15) is 8.42 Å². The summed E-state index contributed by atoms with van der Waals surface area (Å²) in [6, 6.07) is -0.127. The van der Waals surface area contributed by atoms with E-state index in [1.54, 1.807) is 0 Å².